The van der Waals surface area contributed by atoms with E-state index in [1.165, 1.54) is 17.2 Å². The van der Waals surface area contributed by atoms with Crippen LogP contribution in [-0.2, 0) is 0 Å². The molecule has 19 heavy (non-hydrogen) atoms. The molecular weight excluding hydrogens is 248 g/mol. The molecule has 1 aromatic rings. The van der Waals surface area contributed by atoms with Gasteiger partial charge in [0.25, 0.3) is 5.91 Å². The van der Waals surface area contributed by atoms with Gasteiger partial charge < -0.3 is 27.0 Å². The van der Waals surface area contributed by atoms with Gasteiger partial charge in [-0.05, 0) is 6.07 Å². The third-order valence-electron chi connectivity index (χ3n) is 2.27. The van der Waals surface area contributed by atoms with Crippen molar-refractivity contribution in [3.63, 3.8) is 0 Å². The summed E-state index contributed by atoms with van der Waals surface area (Å²) in [4.78, 5) is 27.9. The molecule has 1 aromatic heterocycles. The van der Waals surface area contributed by atoms with Crippen molar-refractivity contribution in [2.45, 2.75) is 0 Å². The first-order valence-electron chi connectivity index (χ1n) is 5.66. The number of carbonyl (C=O) groups excluding carboxylic acids is 2. The van der Waals surface area contributed by atoms with E-state index in [0.29, 0.717) is 24.6 Å². The molecule has 0 radical (unpaired) electrons. The quantitative estimate of drug-likeness (QED) is 0.532. The molecule has 0 aliphatic heterocycles. The van der Waals surface area contributed by atoms with Crippen molar-refractivity contribution in [1.29, 1.82) is 0 Å². The van der Waals surface area contributed by atoms with Gasteiger partial charge in [0.2, 0.25) is 0 Å². The van der Waals surface area contributed by atoms with Gasteiger partial charge in [0, 0.05) is 27.2 Å². The Bertz CT molecular complexity index is 474. The standard InChI is InChI=1S/C11H18N6O2/c1-17(2)11(19)15-4-3-14-10-8(9(13)18)5-7(12)6-16-10/h5-6H,3-4,12H2,1-2H3,(H2,13,18)(H,14,16)(H,15,19). The number of amides is 3. The number of aromatic nitrogens is 1. The van der Waals surface area contributed by atoms with E-state index in [0.717, 1.165) is 0 Å². The summed E-state index contributed by atoms with van der Waals surface area (Å²) in [6.07, 6.45) is 1.42. The molecule has 8 heteroatoms. The van der Waals surface area contributed by atoms with Crippen molar-refractivity contribution in [3.05, 3.63) is 17.8 Å². The predicted molar refractivity (Wildman–Crippen MR) is 72.7 cm³/mol. The zero-order chi connectivity index (χ0) is 14.4. The number of anilines is 2. The molecule has 0 aliphatic carbocycles. The first kappa shape index (κ1) is 14.6. The Hall–Kier alpha value is -2.51. The third-order valence-corrected chi connectivity index (χ3v) is 2.27. The molecular formula is C11H18N6O2. The first-order chi connectivity index (χ1) is 8.91. The second-order valence-corrected chi connectivity index (χ2v) is 4.08. The minimum Gasteiger partial charge on any atom is -0.397 e. The van der Waals surface area contributed by atoms with E-state index in [-0.39, 0.29) is 11.6 Å². The zero-order valence-electron chi connectivity index (χ0n) is 10.9. The largest absolute Gasteiger partial charge is 0.397 e. The molecule has 1 heterocycles. The van der Waals surface area contributed by atoms with Crippen LogP contribution in [0.5, 0.6) is 0 Å². The minimum absolute atomic E-state index is 0.192. The van der Waals surface area contributed by atoms with Crippen molar-refractivity contribution in [2.75, 3.05) is 38.2 Å². The summed E-state index contributed by atoms with van der Waals surface area (Å²) in [5, 5.41) is 5.58. The smallest absolute Gasteiger partial charge is 0.316 e. The van der Waals surface area contributed by atoms with Gasteiger partial charge in [-0.15, -0.1) is 0 Å². The van der Waals surface area contributed by atoms with E-state index in [2.05, 4.69) is 15.6 Å². The summed E-state index contributed by atoms with van der Waals surface area (Å²) in [7, 11) is 3.30. The summed E-state index contributed by atoms with van der Waals surface area (Å²) in [6, 6.07) is 1.26. The number of nitrogens with two attached hydrogens (primary N) is 2. The van der Waals surface area contributed by atoms with E-state index >= 15 is 0 Å². The number of nitrogens with zero attached hydrogens (tertiary/aromatic N) is 2. The van der Waals surface area contributed by atoms with Crippen LogP contribution in [0.15, 0.2) is 12.3 Å². The molecule has 0 bridgehead atoms. The molecule has 0 fully saturated rings. The maximum atomic E-state index is 11.3. The van der Waals surface area contributed by atoms with E-state index in [4.69, 9.17) is 11.5 Å². The van der Waals surface area contributed by atoms with Crippen LogP contribution in [0.2, 0.25) is 0 Å². The minimum atomic E-state index is -0.611. The molecule has 6 N–H and O–H groups in total. The fraction of sp³-hybridized carbons (Fsp3) is 0.364. The summed E-state index contributed by atoms with van der Waals surface area (Å²) < 4.78 is 0. The molecule has 0 saturated carbocycles. The van der Waals surface area contributed by atoms with Gasteiger partial charge >= 0.3 is 6.03 Å². The number of nitrogen functional groups attached to an aromatic ring is 1. The average Bonchev–Trinajstić information content (AvgIpc) is 2.35. The second kappa shape index (κ2) is 6.43. The number of hydrogen-bond acceptors (Lipinski definition) is 5. The monoisotopic (exact) mass is 266 g/mol. The summed E-state index contributed by atoms with van der Waals surface area (Å²) in [5.41, 5.74) is 11.3. The van der Waals surface area contributed by atoms with Gasteiger partial charge in [0.1, 0.15) is 5.82 Å². The van der Waals surface area contributed by atoms with Crippen LogP contribution in [0.4, 0.5) is 16.3 Å². The summed E-state index contributed by atoms with van der Waals surface area (Å²) in [5.74, 6) is -0.263. The molecule has 0 saturated heterocycles. The van der Waals surface area contributed by atoms with E-state index in [1.807, 2.05) is 0 Å². The Balaban J connectivity index is 2.54. The predicted octanol–water partition coefficient (Wildman–Crippen LogP) is -0.554. The second-order valence-electron chi connectivity index (χ2n) is 4.08. The van der Waals surface area contributed by atoms with Gasteiger partial charge in [-0.2, -0.15) is 0 Å². The van der Waals surface area contributed by atoms with Crippen LogP contribution in [0.25, 0.3) is 0 Å². The highest BCUT2D eigenvalue weighted by molar-refractivity contribution is 5.98. The van der Waals surface area contributed by atoms with Crippen molar-refractivity contribution < 1.29 is 9.59 Å². The molecule has 0 aromatic carbocycles. The lowest BCUT2D eigenvalue weighted by molar-refractivity contribution is 0.100. The SMILES string of the molecule is CN(C)C(=O)NCCNc1ncc(N)cc1C(N)=O. The number of urea groups is 1. The van der Waals surface area contributed by atoms with E-state index < -0.39 is 5.91 Å². The maximum Gasteiger partial charge on any atom is 0.316 e. The summed E-state index contributed by atoms with van der Waals surface area (Å²) in [6.45, 7) is 0.804. The lowest BCUT2D eigenvalue weighted by Gasteiger charge is -2.13. The Morgan fingerprint density at radius 1 is 1.37 bits per heavy atom. The maximum absolute atomic E-state index is 11.3. The number of primary amides is 1. The Morgan fingerprint density at radius 3 is 2.63 bits per heavy atom. The molecule has 0 atom stereocenters. The van der Waals surface area contributed by atoms with Crippen molar-refractivity contribution >= 4 is 23.4 Å². The molecule has 1 rings (SSSR count). The molecule has 104 valence electrons. The number of rotatable bonds is 5. The summed E-state index contributed by atoms with van der Waals surface area (Å²) >= 11 is 0. The number of carbonyl (C=O) groups is 2. The van der Waals surface area contributed by atoms with Gasteiger partial charge in [-0.25, -0.2) is 9.78 Å². The van der Waals surface area contributed by atoms with Crippen molar-refractivity contribution in [1.82, 2.24) is 15.2 Å². The van der Waals surface area contributed by atoms with Crippen LogP contribution < -0.4 is 22.1 Å². The van der Waals surface area contributed by atoms with Crippen LogP contribution in [0.1, 0.15) is 10.4 Å². The lowest BCUT2D eigenvalue weighted by Crippen LogP contribution is -2.37. The highest BCUT2D eigenvalue weighted by Gasteiger charge is 2.10. The van der Waals surface area contributed by atoms with Crippen LogP contribution in [0, 0.1) is 0 Å². The highest BCUT2D eigenvalue weighted by Crippen LogP contribution is 2.14. The fourth-order valence-corrected chi connectivity index (χ4v) is 1.32. The lowest BCUT2D eigenvalue weighted by atomic mass is 10.2. The third kappa shape index (κ3) is 4.34. The fourth-order valence-electron chi connectivity index (χ4n) is 1.32. The average molecular weight is 266 g/mol. The molecule has 0 unspecified atom stereocenters. The molecule has 0 aliphatic rings. The van der Waals surface area contributed by atoms with Crippen LogP contribution >= 0.6 is 0 Å². The van der Waals surface area contributed by atoms with Gasteiger partial charge in [0.15, 0.2) is 0 Å². The van der Waals surface area contributed by atoms with Gasteiger partial charge in [0.05, 0.1) is 17.4 Å². The number of pyridine rings is 1. The van der Waals surface area contributed by atoms with E-state index in [9.17, 15) is 9.59 Å². The Labute approximate surface area is 111 Å². The first-order valence-corrected chi connectivity index (χ1v) is 5.66. The Kier molecular flexibility index (Phi) is 4.92. The molecule has 8 nitrogen and oxygen atoms in total. The van der Waals surface area contributed by atoms with E-state index in [1.54, 1.807) is 14.1 Å². The van der Waals surface area contributed by atoms with Crippen LogP contribution in [0.3, 0.4) is 0 Å². The normalized spacial score (nSPS) is 9.79. The molecule has 0 spiro atoms. The number of nitrogens with one attached hydrogen (secondary N) is 2. The topological polar surface area (TPSA) is 126 Å². The van der Waals surface area contributed by atoms with Crippen LogP contribution in [-0.4, -0.2) is 49.0 Å². The Morgan fingerprint density at radius 2 is 2.05 bits per heavy atom. The van der Waals surface area contributed by atoms with Gasteiger partial charge in [-0.1, -0.05) is 0 Å². The zero-order valence-corrected chi connectivity index (χ0v) is 10.9. The highest BCUT2D eigenvalue weighted by atomic mass is 16.2. The number of hydrogen-bond donors (Lipinski definition) is 4. The van der Waals surface area contributed by atoms with Crippen molar-refractivity contribution in [3.8, 4) is 0 Å². The van der Waals surface area contributed by atoms with Crippen molar-refractivity contribution in [2.24, 2.45) is 5.73 Å². The van der Waals surface area contributed by atoms with Gasteiger partial charge in [-0.3, -0.25) is 4.79 Å². The molecule has 3 amide bonds.